The van der Waals surface area contributed by atoms with Gasteiger partial charge >= 0.3 is 0 Å². The number of carbonyl (C=O) groups excluding carboxylic acids is 1. The van der Waals surface area contributed by atoms with E-state index in [0.29, 0.717) is 6.42 Å². The molecular formula is C11H13BO. The third-order valence-corrected chi connectivity index (χ3v) is 1.99. The Hall–Kier alpha value is -1.05. The molecule has 0 saturated carbocycles. The second-order valence-electron chi connectivity index (χ2n) is 3.08. The Morgan fingerprint density at radius 2 is 1.92 bits per heavy atom. The fourth-order valence-electron chi connectivity index (χ4n) is 1.24. The van der Waals surface area contributed by atoms with E-state index >= 15 is 0 Å². The minimum Gasteiger partial charge on any atom is -0.301 e. The van der Waals surface area contributed by atoms with Gasteiger partial charge in [0.15, 0.2) is 0 Å². The Balaban J connectivity index is 2.24. The van der Waals surface area contributed by atoms with Crippen LogP contribution >= 0.6 is 0 Å². The van der Waals surface area contributed by atoms with Crippen LogP contribution in [0.25, 0.3) is 0 Å². The van der Waals surface area contributed by atoms with Crippen LogP contribution in [0, 0.1) is 0 Å². The summed E-state index contributed by atoms with van der Waals surface area (Å²) in [5, 5.41) is 0. The van der Waals surface area contributed by atoms with E-state index in [4.69, 9.17) is 7.85 Å². The molecule has 66 valence electrons. The van der Waals surface area contributed by atoms with Crippen molar-refractivity contribution < 1.29 is 4.79 Å². The van der Waals surface area contributed by atoms with Gasteiger partial charge in [0.25, 0.3) is 0 Å². The molecule has 0 N–H and O–H groups in total. The van der Waals surface area contributed by atoms with E-state index < -0.39 is 0 Å². The maximum atomic E-state index is 10.9. The van der Waals surface area contributed by atoms with Gasteiger partial charge in [0.05, 0.1) is 7.85 Å². The predicted molar refractivity (Wildman–Crippen MR) is 54.9 cm³/mol. The molecule has 2 radical (unpaired) electrons. The zero-order chi connectivity index (χ0) is 9.52. The number of benzene rings is 1. The van der Waals surface area contributed by atoms with Gasteiger partial charge in [0.2, 0.25) is 0 Å². The Morgan fingerprint density at radius 1 is 1.23 bits per heavy atom. The minimum atomic E-state index is 0.149. The van der Waals surface area contributed by atoms with Gasteiger partial charge in [-0.2, -0.15) is 0 Å². The van der Waals surface area contributed by atoms with Crippen molar-refractivity contribution in [2.75, 3.05) is 0 Å². The average molecular weight is 172 g/mol. The van der Waals surface area contributed by atoms with E-state index in [-0.39, 0.29) is 12.1 Å². The van der Waals surface area contributed by atoms with Gasteiger partial charge in [-0.25, -0.2) is 0 Å². The second kappa shape index (κ2) is 5.57. The van der Waals surface area contributed by atoms with Crippen molar-refractivity contribution >= 4 is 13.6 Å². The van der Waals surface area contributed by atoms with Crippen LogP contribution in [0.4, 0.5) is 0 Å². The highest BCUT2D eigenvalue weighted by atomic mass is 16.1. The first-order valence-electron chi connectivity index (χ1n) is 4.58. The van der Waals surface area contributed by atoms with Gasteiger partial charge in [0.1, 0.15) is 5.78 Å². The lowest BCUT2D eigenvalue weighted by molar-refractivity contribution is -0.117. The van der Waals surface area contributed by atoms with E-state index in [2.05, 4.69) is 12.1 Å². The molecular weight excluding hydrogens is 159 g/mol. The Labute approximate surface area is 80.6 Å². The van der Waals surface area contributed by atoms with E-state index in [1.54, 1.807) is 0 Å². The van der Waals surface area contributed by atoms with Gasteiger partial charge in [-0.05, 0) is 24.7 Å². The molecule has 0 saturated heterocycles. The lowest BCUT2D eigenvalue weighted by Gasteiger charge is -1.99. The van der Waals surface area contributed by atoms with Crippen LogP contribution in [0.15, 0.2) is 30.3 Å². The number of hydrogen-bond acceptors (Lipinski definition) is 1. The van der Waals surface area contributed by atoms with Crippen molar-refractivity contribution in [2.45, 2.75) is 25.6 Å². The molecule has 0 spiro atoms. The molecule has 1 nitrogen and oxygen atoms in total. The maximum Gasteiger partial charge on any atom is 0.124 e. The number of carbonyl (C=O) groups is 1. The normalized spacial score (nSPS) is 9.85. The largest absolute Gasteiger partial charge is 0.301 e. The SMILES string of the molecule is [B]CC(=O)CCCc1ccccc1. The predicted octanol–water partition coefficient (Wildman–Crippen LogP) is 2.17. The first kappa shape index (κ1) is 10.0. The molecule has 0 amide bonds. The van der Waals surface area contributed by atoms with E-state index in [9.17, 15) is 4.79 Å². The van der Waals surface area contributed by atoms with Crippen molar-refractivity contribution in [1.29, 1.82) is 0 Å². The third-order valence-electron chi connectivity index (χ3n) is 1.99. The lowest BCUT2D eigenvalue weighted by atomic mass is 9.96. The highest BCUT2D eigenvalue weighted by Crippen LogP contribution is 2.05. The van der Waals surface area contributed by atoms with Crippen LogP contribution < -0.4 is 0 Å². The van der Waals surface area contributed by atoms with Crippen LogP contribution in [0.1, 0.15) is 18.4 Å². The van der Waals surface area contributed by atoms with Crippen LogP contribution in [0.3, 0.4) is 0 Å². The van der Waals surface area contributed by atoms with Crippen LogP contribution in [0.5, 0.6) is 0 Å². The Morgan fingerprint density at radius 3 is 2.54 bits per heavy atom. The summed E-state index contributed by atoms with van der Waals surface area (Å²) < 4.78 is 0. The summed E-state index contributed by atoms with van der Waals surface area (Å²) in [7, 11) is 5.20. The first-order chi connectivity index (χ1) is 6.33. The zero-order valence-corrected chi connectivity index (χ0v) is 7.70. The lowest BCUT2D eigenvalue weighted by Crippen LogP contribution is -1.97. The molecule has 1 aromatic rings. The first-order valence-corrected chi connectivity index (χ1v) is 4.58. The van der Waals surface area contributed by atoms with Gasteiger partial charge < -0.3 is 4.79 Å². The molecule has 0 aliphatic carbocycles. The molecule has 0 aliphatic rings. The number of ketones is 1. The molecule has 0 atom stereocenters. The molecule has 13 heavy (non-hydrogen) atoms. The topological polar surface area (TPSA) is 17.1 Å². The maximum absolute atomic E-state index is 10.9. The number of aryl methyl sites for hydroxylation is 1. The molecule has 0 fully saturated rings. The van der Waals surface area contributed by atoms with Crippen molar-refractivity contribution in [1.82, 2.24) is 0 Å². The van der Waals surface area contributed by atoms with Crippen molar-refractivity contribution in [2.24, 2.45) is 0 Å². The zero-order valence-electron chi connectivity index (χ0n) is 7.70. The fraction of sp³-hybridized carbons (Fsp3) is 0.364. The summed E-state index contributed by atoms with van der Waals surface area (Å²) in [5.41, 5.74) is 1.28. The van der Waals surface area contributed by atoms with Crippen molar-refractivity contribution in [3.05, 3.63) is 35.9 Å². The number of Topliss-reactive ketones (excluding diaryl/α,β-unsaturated/α-hetero) is 1. The van der Waals surface area contributed by atoms with Gasteiger partial charge in [-0.1, -0.05) is 30.3 Å². The van der Waals surface area contributed by atoms with Gasteiger partial charge in [-0.15, -0.1) is 0 Å². The minimum absolute atomic E-state index is 0.149. The van der Waals surface area contributed by atoms with Crippen LogP contribution in [-0.2, 0) is 11.2 Å². The standard InChI is InChI=1S/C11H13BO/c12-9-11(13)8-4-7-10-5-2-1-3-6-10/h1-3,5-6H,4,7-9H2. The number of rotatable bonds is 5. The van der Waals surface area contributed by atoms with Crippen LogP contribution in [-0.4, -0.2) is 13.6 Å². The summed E-state index contributed by atoms with van der Waals surface area (Å²) in [5.74, 6) is 0.149. The molecule has 0 bridgehead atoms. The Kier molecular flexibility index (Phi) is 4.30. The summed E-state index contributed by atoms with van der Waals surface area (Å²) in [6, 6.07) is 10.2. The van der Waals surface area contributed by atoms with Gasteiger partial charge in [0, 0.05) is 6.42 Å². The summed E-state index contributed by atoms with van der Waals surface area (Å²) in [6.45, 7) is 0. The van der Waals surface area contributed by atoms with E-state index in [0.717, 1.165) is 12.8 Å². The highest BCUT2D eigenvalue weighted by molar-refractivity contribution is 6.20. The molecule has 0 unspecified atom stereocenters. The fourth-order valence-corrected chi connectivity index (χ4v) is 1.24. The summed E-state index contributed by atoms with van der Waals surface area (Å²) in [6.07, 6.45) is 2.65. The molecule has 0 aliphatic heterocycles. The Bertz CT molecular complexity index is 256. The molecule has 0 heterocycles. The quantitative estimate of drug-likeness (QED) is 0.622. The number of hydrogen-bond donors (Lipinski definition) is 0. The molecule has 1 aromatic carbocycles. The third kappa shape index (κ3) is 3.93. The summed E-state index contributed by atoms with van der Waals surface area (Å²) >= 11 is 0. The molecule has 1 rings (SSSR count). The smallest absolute Gasteiger partial charge is 0.124 e. The van der Waals surface area contributed by atoms with Crippen LogP contribution in [0.2, 0.25) is 6.32 Å². The van der Waals surface area contributed by atoms with Crippen molar-refractivity contribution in [3.8, 4) is 0 Å². The van der Waals surface area contributed by atoms with E-state index in [1.807, 2.05) is 18.2 Å². The highest BCUT2D eigenvalue weighted by Gasteiger charge is 1.97. The van der Waals surface area contributed by atoms with Gasteiger partial charge in [-0.3, -0.25) is 0 Å². The average Bonchev–Trinajstić information content (AvgIpc) is 2.19. The molecule has 2 heteroatoms. The second-order valence-corrected chi connectivity index (χ2v) is 3.08. The molecule has 0 aromatic heterocycles. The van der Waals surface area contributed by atoms with Crippen molar-refractivity contribution in [3.63, 3.8) is 0 Å². The van der Waals surface area contributed by atoms with E-state index in [1.165, 1.54) is 5.56 Å². The monoisotopic (exact) mass is 172 g/mol. The summed E-state index contributed by atoms with van der Waals surface area (Å²) in [4.78, 5) is 10.9.